The van der Waals surface area contributed by atoms with Crippen molar-refractivity contribution in [1.82, 2.24) is 10.6 Å². The van der Waals surface area contributed by atoms with E-state index in [0.717, 1.165) is 24.5 Å². The molecule has 2 unspecified atom stereocenters. The molecule has 0 aromatic heterocycles. The van der Waals surface area contributed by atoms with Crippen LogP contribution in [0.4, 0.5) is 0 Å². The Balaban J connectivity index is 2.26. The van der Waals surface area contributed by atoms with E-state index in [1.165, 1.54) is 19.3 Å². The van der Waals surface area contributed by atoms with Crippen molar-refractivity contribution in [3.63, 3.8) is 0 Å². The molecule has 16 heavy (non-hydrogen) atoms. The molecule has 0 saturated carbocycles. The lowest BCUT2D eigenvalue weighted by atomic mass is 10.1. The standard InChI is InChI=1S/C12H24N2OS/c1-3-16-9-10(2)14-12(15)11-7-5-4-6-8-13-11/h10-11,13H,3-9H2,1-2H3,(H,14,15). The van der Waals surface area contributed by atoms with Crippen molar-refractivity contribution in [2.75, 3.05) is 18.1 Å². The molecule has 0 aromatic rings. The second-order valence-corrected chi connectivity index (χ2v) is 5.74. The average molecular weight is 244 g/mol. The summed E-state index contributed by atoms with van der Waals surface area (Å²) in [6.45, 7) is 5.21. The van der Waals surface area contributed by atoms with Crippen molar-refractivity contribution in [2.24, 2.45) is 0 Å². The normalized spacial score (nSPS) is 23.5. The Kier molecular flexibility index (Phi) is 6.88. The van der Waals surface area contributed by atoms with Gasteiger partial charge in [0, 0.05) is 11.8 Å². The minimum atomic E-state index is 0.0385. The number of amides is 1. The van der Waals surface area contributed by atoms with Gasteiger partial charge in [0.25, 0.3) is 0 Å². The summed E-state index contributed by atoms with van der Waals surface area (Å²) in [6, 6.07) is 0.319. The number of hydrogen-bond acceptors (Lipinski definition) is 3. The summed E-state index contributed by atoms with van der Waals surface area (Å²) in [5.41, 5.74) is 0. The van der Waals surface area contributed by atoms with Crippen LogP contribution in [0.1, 0.15) is 39.5 Å². The van der Waals surface area contributed by atoms with Gasteiger partial charge in [-0.2, -0.15) is 11.8 Å². The van der Waals surface area contributed by atoms with E-state index >= 15 is 0 Å². The summed E-state index contributed by atoms with van der Waals surface area (Å²) in [5.74, 6) is 2.31. The van der Waals surface area contributed by atoms with E-state index in [1.54, 1.807) is 0 Å². The Bertz CT molecular complexity index is 203. The number of nitrogens with one attached hydrogen (secondary N) is 2. The molecule has 2 N–H and O–H groups in total. The monoisotopic (exact) mass is 244 g/mol. The molecular weight excluding hydrogens is 220 g/mol. The molecule has 0 bridgehead atoms. The fourth-order valence-electron chi connectivity index (χ4n) is 1.93. The van der Waals surface area contributed by atoms with Crippen LogP contribution < -0.4 is 10.6 Å². The molecule has 1 amide bonds. The Hall–Kier alpha value is -0.220. The van der Waals surface area contributed by atoms with Crippen LogP contribution in [0.3, 0.4) is 0 Å². The molecule has 4 heteroatoms. The van der Waals surface area contributed by atoms with Crippen molar-refractivity contribution in [3.8, 4) is 0 Å². The fraction of sp³-hybridized carbons (Fsp3) is 0.917. The third-order valence-electron chi connectivity index (χ3n) is 2.84. The first-order valence-electron chi connectivity index (χ1n) is 6.35. The smallest absolute Gasteiger partial charge is 0.237 e. The maximum absolute atomic E-state index is 11.9. The lowest BCUT2D eigenvalue weighted by Crippen LogP contribution is -2.47. The quantitative estimate of drug-likeness (QED) is 0.774. The molecule has 0 aromatic carbocycles. The van der Waals surface area contributed by atoms with E-state index in [0.29, 0.717) is 0 Å². The Morgan fingerprint density at radius 3 is 3.06 bits per heavy atom. The number of carbonyl (C=O) groups is 1. The van der Waals surface area contributed by atoms with E-state index in [-0.39, 0.29) is 18.0 Å². The number of rotatable bonds is 5. The molecule has 1 aliphatic heterocycles. The zero-order valence-electron chi connectivity index (χ0n) is 10.4. The van der Waals surface area contributed by atoms with E-state index in [4.69, 9.17) is 0 Å². The van der Waals surface area contributed by atoms with Gasteiger partial charge >= 0.3 is 0 Å². The SMILES string of the molecule is CCSCC(C)NC(=O)C1CCCCCN1. The first kappa shape index (κ1) is 13.8. The third-order valence-corrected chi connectivity index (χ3v) is 3.98. The second kappa shape index (κ2) is 7.96. The number of thioether (sulfide) groups is 1. The highest BCUT2D eigenvalue weighted by atomic mass is 32.2. The van der Waals surface area contributed by atoms with E-state index in [9.17, 15) is 4.79 Å². The van der Waals surface area contributed by atoms with Gasteiger partial charge in [-0.15, -0.1) is 0 Å². The van der Waals surface area contributed by atoms with Gasteiger partial charge in [-0.1, -0.05) is 19.8 Å². The van der Waals surface area contributed by atoms with Gasteiger partial charge in [-0.05, 0) is 32.1 Å². The maximum atomic E-state index is 11.9. The first-order valence-corrected chi connectivity index (χ1v) is 7.51. The van der Waals surface area contributed by atoms with E-state index in [2.05, 4.69) is 24.5 Å². The lowest BCUT2D eigenvalue weighted by Gasteiger charge is -2.19. The molecule has 1 fully saturated rings. The summed E-state index contributed by atoms with van der Waals surface area (Å²) < 4.78 is 0. The van der Waals surface area contributed by atoms with Crippen LogP contribution in [0.25, 0.3) is 0 Å². The lowest BCUT2D eigenvalue weighted by molar-refractivity contribution is -0.123. The van der Waals surface area contributed by atoms with Crippen LogP contribution in [0, 0.1) is 0 Å². The Labute approximate surface area is 103 Å². The molecule has 1 saturated heterocycles. The molecular formula is C12H24N2OS. The van der Waals surface area contributed by atoms with Crippen molar-refractivity contribution in [1.29, 1.82) is 0 Å². The van der Waals surface area contributed by atoms with Crippen molar-refractivity contribution in [3.05, 3.63) is 0 Å². The topological polar surface area (TPSA) is 41.1 Å². The van der Waals surface area contributed by atoms with Gasteiger partial charge in [0.05, 0.1) is 6.04 Å². The van der Waals surface area contributed by atoms with Crippen molar-refractivity contribution < 1.29 is 4.79 Å². The number of hydrogen-bond donors (Lipinski definition) is 2. The van der Waals surface area contributed by atoms with Crippen LogP contribution in [0.2, 0.25) is 0 Å². The summed E-state index contributed by atoms with van der Waals surface area (Å²) in [4.78, 5) is 11.9. The van der Waals surface area contributed by atoms with Crippen LogP contribution in [-0.4, -0.2) is 36.0 Å². The highest BCUT2D eigenvalue weighted by molar-refractivity contribution is 7.99. The summed E-state index contributed by atoms with van der Waals surface area (Å²) in [6.07, 6.45) is 4.60. The zero-order valence-corrected chi connectivity index (χ0v) is 11.2. The first-order chi connectivity index (χ1) is 7.74. The van der Waals surface area contributed by atoms with Crippen LogP contribution >= 0.6 is 11.8 Å². The van der Waals surface area contributed by atoms with Crippen molar-refractivity contribution in [2.45, 2.75) is 51.6 Å². The zero-order chi connectivity index (χ0) is 11.8. The minimum Gasteiger partial charge on any atom is -0.351 e. The average Bonchev–Trinajstić information content (AvgIpc) is 2.54. The Morgan fingerprint density at radius 2 is 2.31 bits per heavy atom. The predicted molar refractivity (Wildman–Crippen MR) is 70.9 cm³/mol. The second-order valence-electron chi connectivity index (χ2n) is 4.43. The van der Waals surface area contributed by atoms with Crippen molar-refractivity contribution >= 4 is 17.7 Å². The van der Waals surface area contributed by atoms with Crippen LogP contribution in [-0.2, 0) is 4.79 Å². The summed E-state index contributed by atoms with van der Waals surface area (Å²) in [7, 11) is 0. The molecule has 1 rings (SSSR count). The van der Waals surface area contributed by atoms with Gasteiger partial charge in [-0.25, -0.2) is 0 Å². The molecule has 0 radical (unpaired) electrons. The molecule has 3 nitrogen and oxygen atoms in total. The Morgan fingerprint density at radius 1 is 1.50 bits per heavy atom. The molecule has 2 atom stereocenters. The predicted octanol–water partition coefficient (Wildman–Crippen LogP) is 1.78. The summed E-state index contributed by atoms with van der Waals surface area (Å²) >= 11 is 1.87. The van der Waals surface area contributed by atoms with Gasteiger partial charge < -0.3 is 10.6 Å². The van der Waals surface area contributed by atoms with Crippen LogP contribution in [0.15, 0.2) is 0 Å². The molecule has 0 aliphatic carbocycles. The highest BCUT2D eigenvalue weighted by Gasteiger charge is 2.20. The highest BCUT2D eigenvalue weighted by Crippen LogP contribution is 2.09. The molecule has 94 valence electrons. The van der Waals surface area contributed by atoms with Gasteiger partial charge in [0.1, 0.15) is 0 Å². The third kappa shape index (κ3) is 5.21. The van der Waals surface area contributed by atoms with Crippen LogP contribution in [0.5, 0.6) is 0 Å². The summed E-state index contributed by atoms with van der Waals surface area (Å²) in [5, 5.41) is 6.41. The molecule has 1 aliphatic rings. The fourth-order valence-corrected chi connectivity index (χ4v) is 2.60. The van der Waals surface area contributed by atoms with Gasteiger partial charge in [0.2, 0.25) is 5.91 Å². The molecule has 1 heterocycles. The van der Waals surface area contributed by atoms with Gasteiger partial charge in [-0.3, -0.25) is 4.79 Å². The maximum Gasteiger partial charge on any atom is 0.237 e. The number of carbonyl (C=O) groups excluding carboxylic acids is 1. The van der Waals surface area contributed by atoms with E-state index in [1.807, 2.05) is 11.8 Å². The minimum absolute atomic E-state index is 0.0385. The van der Waals surface area contributed by atoms with Gasteiger partial charge in [0.15, 0.2) is 0 Å². The largest absolute Gasteiger partial charge is 0.351 e. The van der Waals surface area contributed by atoms with E-state index < -0.39 is 0 Å². The molecule has 0 spiro atoms.